The van der Waals surface area contributed by atoms with Gasteiger partial charge >= 0.3 is 0 Å². The summed E-state index contributed by atoms with van der Waals surface area (Å²) in [7, 11) is 0. The van der Waals surface area contributed by atoms with E-state index in [1.54, 1.807) is 6.07 Å². The first-order valence-corrected chi connectivity index (χ1v) is 9.58. The lowest BCUT2D eigenvalue weighted by Gasteiger charge is -2.12. The molecule has 0 amide bonds. The molecule has 0 fully saturated rings. The molecule has 1 N–H and O–H groups in total. The van der Waals surface area contributed by atoms with Crippen LogP contribution in [0.4, 0.5) is 5.69 Å². The molecule has 0 saturated carbocycles. The van der Waals surface area contributed by atoms with Gasteiger partial charge in [0.05, 0.1) is 11.6 Å². The molecule has 0 aliphatic heterocycles. The summed E-state index contributed by atoms with van der Waals surface area (Å²) in [5.74, 6) is 1.77. The lowest BCUT2D eigenvalue weighted by atomic mass is 10.1. The van der Waals surface area contributed by atoms with Crippen molar-refractivity contribution in [2.45, 2.75) is 19.6 Å². The zero-order valence-corrected chi connectivity index (χ0v) is 16.4. The highest BCUT2D eigenvalue weighted by molar-refractivity contribution is 5.52. The summed E-state index contributed by atoms with van der Waals surface area (Å²) in [4.78, 5) is 0. The Hall–Kier alpha value is -4.11. The Labute approximate surface area is 174 Å². The van der Waals surface area contributed by atoms with E-state index >= 15 is 0 Å². The molecule has 0 aliphatic rings. The van der Waals surface area contributed by atoms with Gasteiger partial charge in [0, 0.05) is 11.3 Å². The monoisotopic (exact) mass is 396 g/mol. The molecule has 4 rings (SSSR count). The van der Waals surface area contributed by atoms with Crippen LogP contribution in [-0.4, -0.2) is 10.2 Å². The maximum Gasteiger partial charge on any atom is 0.247 e. The van der Waals surface area contributed by atoms with E-state index in [9.17, 15) is 0 Å². The lowest BCUT2D eigenvalue weighted by Crippen LogP contribution is -2.07. The summed E-state index contributed by atoms with van der Waals surface area (Å²) in [5, 5.41) is 20.6. The van der Waals surface area contributed by atoms with E-state index < -0.39 is 0 Å². The Balaban J connectivity index is 1.35. The molecular formula is C24H20N4O2. The molecule has 148 valence electrons. The van der Waals surface area contributed by atoms with Crippen LogP contribution in [-0.2, 0) is 6.61 Å². The van der Waals surface area contributed by atoms with Gasteiger partial charge in [0.1, 0.15) is 18.4 Å². The van der Waals surface area contributed by atoms with Gasteiger partial charge in [-0.2, -0.15) is 5.26 Å². The number of benzene rings is 3. The van der Waals surface area contributed by atoms with Crippen LogP contribution in [0.2, 0.25) is 0 Å². The van der Waals surface area contributed by atoms with E-state index in [4.69, 9.17) is 14.4 Å². The fraction of sp³-hybridized carbons (Fsp3) is 0.125. The van der Waals surface area contributed by atoms with Crippen LogP contribution >= 0.6 is 0 Å². The van der Waals surface area contributed by atoms with Gasteiger partial charge < -0.3 is 14.5 Å². The number of nitriles is 1. The molecule has 1 heterocycles. The number of anilines is 1. The third-order valence-electron chi connectivity index (χ3n) is 4.53. The Morgan fingerprint density at radius 3 is 2.57 bits per heavy atom. The van der Waals surface area contributed by atoms with Crippen LogP contribution in [0.25, 0.3) is 11.5 Å². The van der Waals surface area contributed by atoms with E-state index in [1.165, 1.54) is 0 Å². The molecule has 0 saturated heterocycles. The maximum absolute atomic E-state index is 8.98. The predicted octanol–water partition coefficient (Wildman–Crippen LogP) is 5.36. The van der Waals surface area contributed by atoms with Crippen molar-refractivity contribution in [3.63, 3.8) is 0 Å². The molecule has 1 aromatic heterocycles. The van der Waals surface area contributed by atoms with Gasteiger partial charge in [-0.05, 0) is 61.0 Å². The molecule has 1 unspecified atom stereocenters. The number of rotatable bonds is 7. The van der Waals surface area contributed by atoms with Crippen LogP contribution in [0.15, 0.2) is 83.3 Å². The molecule has 3 aromatic carbocycles. The highest BCUT2D eigenvalue weighted by Gasteiger charge is 2.15. The van der Waals surface area contributed by atoms with Crippen LogP contribution in [0.1, 0.15) is 30.0 Å². The molecule has 30 heavy (non-hydrogen) atoms. The van der Waals surface area contributed by atoms with Crippen molar-refractivity contribution in [2.24, 2.45) is 0 Å². The van der Waals surface area contributed by atoms with E-state index in [1.807, 2.05) is 79.7 Å². The smallest absolute Gasteiger partial charge is 0.247 e. The van der Waals surface area contributed by atoms with Gasteiger partial charge in [-0.15, -0.1) is 10.2 Å². The fourth-order valence-corrected chi connectivity index (χ4v) is 2.96. The van der Waals surface area contributed by atoms with E-state index in [0.717, 1.165) is 22.6 Å². The molecular weight excluding hydrogens is 376 g/mol. The second-order valence-electron chi connectivity index (χ2n) is 6.80. The second kappa shape index (κ2) is 8.93. The molecule has 4 aromatic rings. The Morgan fingerprint density at radius 2 is 1.80 bits per heavy atom. The molecule has 0 bridgehead atoms. The molecule has 0 aliphatic carbocycles. The van der Waals surface area contributed by atoms with Crippen molar-refractivity contribution in [1.82, 2.24) is 10.2 Å². The topological polar surface area (TPSA) is 84.0 Å². The average molecular weight is 396 g/mol. The fourth-order valence-electron chi connectivity index (χ4n) is 2.96. The third kappa shape index (κ3) is 4.65. The highest BCUT2D eigenvalue weighted by Crippen LogP contribution is 2.24. The zero-order chi connectivity index (χ0) is 20.8. The summed E-state index contributed by atoms with van der Waals surface area (Å²) in [6.45, 7) is 2.37. The minimum absolute atomic E-state index is 0.143. The van der Waals surface area contributed by atoms with Gasteiger partial charge in [-0.25, -0.2) is 0 Å². The van der Waals surface area contributed by atoms with Crippen molar-refractivity contribution in [3.05, 3.63) is 95.9 Å². The maximum atomic E-state index is 8.98. The number of aromatic nitrogens is 2. The highest BCUT2D eigenvalue weighted by atomic mass is 16.5. The molecule has 6 nitrogen and oxygen atoms in total. The van der Waals surface area contributed by atoms with E-state index in [0.29, 0.717) is 24.0 Å². The summed E-state index contributed by atoms with van der Waals surface area (Å²) >= 11 is 0. The molecule has 6 heteroatoms. The largest absolute Gasteiger partial charge is 0.489 e. The third-order valence-corrected chi connectivity index (χ3v) is 4.53. The first kappa shape index (κ1) is 19.2. The minimum atomic E-state index is -0.143. The first-order valence-electron chi connectivity index (χ1n) is 9.58. The van der Waals surface area contributed by atoms with Gasteiger partial charge in [-0.3, -0.25) is 0 Å². The standard InChI is InChI=1S/C24H20N4O2/c1-17(23-27-28-24(30-23)20-8-3-2-4-9-20)26-21-10-12-22(13-11-21)29-16-19-7-5-6-18(14-19)15-25/h2-14,17,26H,16H2,1H3. The van der Waals surface area contributed by atoms with E-state index in [-0.39, 0.29) is 6.04 Å². The van der Waals surface area contributed by atoms with Crippen LogP contribution < -0.4 is 10.1 Å². The molecule has 0 spiro atoms. The zero-order valence-electron chi connectivity index (χ0n) is 16.4. The van der Waals surface area contributed by atoms with Crippen molar-refractivity contribution >= 4 is 5.69 Å². The quantitative estimate of drug-likeness (QED) is 0.453. The number of hydrogen-bond donors (Lipinski definition) is 1. The summed E-state index contributed by atoms with van der Waals surface area (Å²) in [6.07, 6.45) is 0. The SMILES string of the molecule is CC(Nc1ccc(OCc2cccc(C#N)c2)cc1)c1nnc(-c2ccccc2)o1. The van der Waals surface area contributed by atoms with Gasteiger partial charge in [0.25, 0.3) is 0 Å². The Morgan fingerprint density at radius 1 is 1.00 bits per heavy atom. The Bertz CT molecular complexity index is 1150. The second-order valence-corrected chi connectivity index (χ2v) is 6.80. The van der Waals surface area contributed by atoms with E-state index in [2.05, 4.69) is 21.6 Å². The molecule has 1 atom stereocenters. The number of hydrogen-bond acceptors (Lipinski definition) is 6. The summed E-state index contributed by atoms with van der Waals surface area (Å²) < 4.78 is 11.6. The number of nitrogens with zero attached hydrogens (tertiary/aromatic N) is 3. The number of ether oxygens (including phenoxy) is 1. The first-order chi connectivity index (χ1) is 14.7. The van der Waals surface area contributed by atoms with Gasteiger partial charge in [0.15, 0.2) is 0 Å². The van der Waals surface area contributed by atoms with Crippen LogP contribution in [0, 0.1) is 11.3 Å². The normalized spacial score (nSPS) is 11.5. The number of nitrogens with one attached hydrogen (secondary N) is 1. The van der Waals surface area contributed by atoms with Crippen molar-refractivity contribution < 1.29 is 9.15 Å². The summed E-state index contributed by atoms with van der Waals surface area (Å²) in [5.41, 5.74) is 3.39. The lowest BCUT2D eigenvalue weighted by molar-refractivity contribution is 0.306. The van der Waals surface area contributed by atoms with Gasteiger partial charge in [-0.1, -0.05) is 30.3 Å². The van der Waals surface area contributed by atoms with Crippen molar-refractivity contribution in [1.29, 1.82) is 5.26 Å². The molecule has 0 radical (unpaired) electrons. The van der Waals surface area contributed by atoms with Gasteiger partial charge in [0.2, 0.25) is 11.8 Å². The van der Waals surface area contributed by atoms with Crippen molar-refractivity contribution in [2.75, 3.05) is 5.32 Å². The van der Waals surface area contributed by atoms with Crippen LogP contribution in [0.5, 0.6) is 5.75 Å². The van der Waals surface area contributed by atoms with Crippen molar-refractivity contribution in [3.8, 4) is 23.3 Å². The summed E-state index contributed by atoms with van der Waals surface area (Å²) in [6, 6.07) is 26.7. The Kier molecular flexibility index (Phi) is 5.72. The van der Waals surface area contributed by atoms with Crippen LogP contribution in [0.3, 0.4) is 0 Å². The predicted molar refractivity (Wildman–Crippen MR) is 114 cm³/mol. The average Bonchev–Trinajstić information content (AvgIpc) is 3.30. The minimum Gasteiger partial charge on any atom is -0.489 e.